The highest BCUT2D eigenvalue weighted by atomic mass is 32.2. The highest BCUT2D eigenvalue weighted by Crippen LogP contribution is 2.50. The van der Waals surface area contributed by atoms with Crippen molar-refractivity contribution in [2.24, 2.45) is 0 Å². The summed E-state index contributed by atoms with van der Waals surface area (Å²) < 4.78 is 1.09. The standard InChI is InChI=1S/C26H30N6O6S/c1-14-9-10-15(2)32(14)30-12-11-29(25(30)38)24(37)27-17-8-6-5-7-16(17)13-18(33)28-19-21(34)31-20(23(35)36)26(3,4)39-22(19)31/h5-10,19-20,22H,11-13H2,1-4H3,(H,27,37)(H,28,33)(H,35,36)/t19?,20-,22+/m0/s1. The third-order valence-corrected chi connectivity index (χ3v) is 8.88. The fourth-order valence-electron chi connectivity index (χ4n) is 5.46. The highest BCUT2D eigenvalue weighted by molar-refractivity contribution is 8.01. The van der Waals surface area contributed by atoms with Crippen molar-refractivity contribution >= 4 is 47.3 Å². The molecule has 3 fully saturated rings. The van der Waals surface area contributed by atoms with Crippen molar-refractivity contribution in [2.75, 3.05) is 23.4 Å². The second kappa shape index (κ2) is 9.63. The molecule has 206 valence electrons. The molecule has 3 aliphatic heterocycles. The Hall–Kier alpha value is -4.00. The Kier molecular flexibility index (Phi) is 6.57. The van der Waals surface area contributed by atoms with Crippen LogP contribution in [0, 0.1) is 13.8 Å². The molecule has 0 aliphatic carbocycles. The number of carbonyl (C=O) groups excluding carboxylic acids is 4. The maximum atomic E-state index is 13.1. The zero-order chi connectivity index (χ0) is 28.2. The highest BCUT2D eigenvalue weighted by Gasteiger charge is 2.64. The van der Waals surface area contributed by atoms with Crippen LogP contribution in [0.15, 0.2) is 36.4 Å². The molecular formula is C26H30N6O6S. The van der Waals surface area contributed by atoms with Crippen LogP contribution in [0.2, 0.25) is 0 Å². The smallest absolute Gasteiger partial charge is 0.347 e. The summed E-state index contributed by atoms with van der Waals surface area (Å²) in [4.78, 5) is 65.9. The molecule has 3 atom stereocenters. The van der Waals surface area contributed by atoms with Gasteiger partial charge in [-0.15, -0.1) is 11.8 Å². The Balaban J connectivity index is 1.23. The first-order valence-corrected chi connectivity index (χ1v) is 13.4. The van der Waals surface area contributed by atoms with Crippen LogP contribution in [0.5, 0.6) is 0 Å². The van der Waals surface area contributed by atoms with Crippen molar-refractivity contribution in [2.45, 2.75) is 56.3 Å². The van der Waals surface area contributed by atoms with Gasteiger partial charge in [-0.2, -0.15) is 0 Å². The van der Waals surface area contributed by atoms with Gasteiger partial charge in [-0.25, -0.2) is 24.3 Å². The molecule has 13 heteroatoms. The number of hydrogen-bond acceptors (Lipinski definition) is 6. The Bertz CT molecular complexity index is 1370. The second-order valence-corrected chi connectivity index (χ2v) is 12.2. The summed E-state index contributed by atoms with van der Waals surface area (Å²) >= 11 is 1.35. The quantitative estimate of drug-likeness (QED) is 0.463. The first kappa shape index (κ1) is 26.6. The number of β-lactam (4-membered cyclic amide) rings is 1. The van der Waals surface area contributed by atoms with E-state index in [1.54, 1.807) is 42.8 Å². The molecule has 3 saturated heterocycles. The predicted octanol–water partition coefficient (Wildman–Crippen LogP) is 1.88. The lowest BCUT2D eigenvalue weighted by molar-refractivity contribution is -0.161. The van der Waals surface area contributed by atoms with E-state index in [1.165, 1.54) is 21.7 Å². The number of carboxylic acids is 1. The van der Waals surface area contributed by atoms with Gasteiger partial charge in [-0.05, 0) is 51.5 Å². The van der Waals surface area contributed by atoms with Gasteiger partial charge in [0.25, 0.3) is 0 Å². The number of nitrogens with zero attached hydrogens (tertiary/aromatic N) is 4. The van der Waals surface area contributed by atoms with E-state index in [2.05, 4.69) is 10.6 Å². The lowest BCUT2D eigenvalue weighted by atomic mass is 9.96. The number of nitrogens with one attached hydrogen (secondary N) is 2. The monoisotopic (exact) mass is 554 g/mol. The summed E-state index contributed by atoms with van der Waals surface area (Å²) in [6.07, 6.45) is -0.120. The minimum atomic E-state index is -1.07. The molecule has 3 aliphatic rings. The number of para-hydroxylation sites is 1. The van der Waals surface area contributed by atoms with E-state index in [9.17, 15) is 29.1 Å². The minimum Gasteiger partial charge on any atom is -0.480 e. The summed E-state index contributed by atoms with van der Waals surface area (Å²) in [7, 11) is 0. The SMILES string of the molecule is Cc1ccc(C)n1N1CCN(C(=O)Nc2ccccc2CC(=O)NC2C(=O)N3[C@@H]2SC(C)(C)[C@@H]3C(=O)O)C1=O. The average Bonchev–Trinajstić information content (AvgIpc) is 3.49. The van der Waals surface area contributed by atoms with Gasteiger partial charge in [-0.1, -0.05) is 18.2 Å². The van der Waals surface area contributed by atoms with Gasteiger partial charge >= 0.3 is 18.0 Å². The average molecular weight is 555 g/mol. The van der Waals surface area contributed by atoms with E-state index in [4.69, 9.17) is 0 Å². The molecule has 1 aromatic heterocycles. The first-order valence-electron chi connectivity index (χ1n) is 12.6. The van der Waals surface area contributed by atoms with Gasteiger partial charge in [0, 0.05) is 21.8 Å². The summed E-state index contributed by atoms with van der Waals surface area (Å²) in [5.74, 6) is -1.93. The molecule has 0 bridgehead atoms. The van der Waals surface area contributed by atoms with Crippen LogP contribution in [-0.4, -0.2) is 84.7 Å². The van der Waals surface area contributed by atoms with Gasteiger partial charge < -0.3 is 20.6 Å². The van der Waals surface area contributed by atoms with Crippen molar-refractivity contribution in [3.63, 3.8) is 0 Å². The van der Waals surface area contributed by atoms with Crippen LogP contribution in [0.1, 0.15) is 30.8 Å². The lowest BCUT2D eigenvalue weighted by Gasteiger charge is -2.43. The van der Waals surface area contributed by atoms with Crippen molar-refractivity contribution in [3.05, 3.63) is 53.3 Å². The van der Waals surface area contributed by atoms with Gasteiger partial charge in [-0.3, -0.25) is 14.3 Å². The van der Waals surface area contributed by atoms with Crippen LogP contribution in [0.25, 0.3) is 0 Å². The summed E-state index contributed by atoms with van der Waals surface area (Å²) in [5, 5.41) is 16.1. The number of rotatable bonds is 6. The number of amides is 6. The normalized spacial score (nSPS) is 23.5. The number of aryl methyl sites for hydroxylation is 2. The van der Waals surface area contributed by atoms with E-state index in [0.717, 1.165) is 16.3 Å². The number of carboxylic acid groups (broad SMARTS) is 1. The molecule has 4 heterocycles. The molecule has 2 aromatic rings. The third-order valence-electron chi connectivity index (χ3n) is 7.31. The van der Waals surface area contributed by atoms with Crippen LogP contribution in [0.4, 0.5) is 15.3 Å². The molecule has 0 radical (unpaired) electrons. The zero-order valence-corrected chi connectivity index (χ0v) is 22.8. The Labute approximate surface area is 229 Å². The van der Waals surface area contributed by atoms with Gasteiger partial charge in [0.2, 0.25) is 11.8 Å². The number of benzene rings is 1. The zero-order valence-electron chi connectivity index (χ0n) is 22.0. The number of aliphatic carboxylic acids is 1. The van der Waals surface area contributed by atoms with E-state index in [-0.39, 0.29) is 13.0 Å². The number of hydrogen-bond donors (Lipinski definition) is 3. The van der Waals surface area contributed by atoms with E-state index < -0.39 is 52.1 Å². The molecule has 0 spiro atoms. The Morgan fingerprint density at radius 3 is 2.38 bits per heavy atom. The maximum absolute atomic E-state index is 13.1. The summed E-state index contributed by atoms with van der Waals surface area (Å²) in [6, 6.07) is 7.73. The summed E-state index contributed by atoms with van der Waals surface area (Å²) in [5.41, 5.74) is 2.65. The van der Waals surface area contributed by atoms with Crippen molar-refractivity contribution in [3.8, 4) is 0 Å². The molecule has 6 amide bonds. The van der Waals surface area contributed by atoms with Crippen LogP contribution < -0.4 is 15.6 Å². The molecule has 3 N–H and O–H groups in total. The number of carbonyl (C=O) groups is 5. The molecule has 5 rings (SSSR count). The van der Waals surface area contributed by atoms with Crippen LogP contribution in [0.3, 0.4) is 0 Å². The topological polar surface area (TPSA) is 144 Å². The molecule has 1 aromatic carbocycles. The fraction of sp³-hybridized carbons (Fsp3) is 0.423. The van der Waals surface area contributed by atoms with Gasteiger partial charge in [0.15, 0.2) is 0 Å². The fourth-order valence-corrected chi connectivity index (χ4v) is 7.09. The van der Waals surface area contributed by atoms with E-state index in [0.29, 0.717) is 17.8 Å². The second-order valence-electron chi connectivity index (χ2n) is 10.4. The van der Waals surface area contributed by atoms with Crippen molar-refractivity contribution in [1.29, 1.82) is 0 Å². The van der Waals surface area contributed by atoms with E-state index >= 15 is 0 Å². The molecular weight excluding hydrogens is 524 g/mol. The number of thioether (sulfide) groups is 1. The molecule has 39 heavy (non-hydrogen) atoms. The van der Waals surface area contributed by atoms with E-state index in [1.807, 2.05) is 26.0 Å². The Morgan fingerprint density at radius 2 is 1.72 bits per heavy atom. The maximum Gasteiger partial charge on any atom is 0.347 e. The first-order chi connectivity index (χ1) is 18.4. The number of aromatic nitrogens is 1. The number of imide groups is 1. The largest absolute Gasteiger partial charge is 0.480 e. The minimum absolute atomic E-state index is 0.120. The molecule has 12 nitrogen and oxygen atoms in total. The number of fused-ring (bicyclic) bond motifs is 1. The van der Waals surface area contributed by atoms with Gasteiger partial charge in [0.1, 0.15) is 17.5 Å². The predicted molar refractivity (Wildman–Crippen MR) is 144 cm³/mol. The molecule has 1 unspecified atom stereocenters. The number of urea groups is 2. The van der Waals surface area contributed by atoms with Crippen molar-refractivity contribution < 1.29 is 29.1 Å². The van der Waals surface area contributed by atoms with Crippen molar-refractivity contribution in [1.82, 2.24) is 19.8 Å². The third kappa shape index (κ3) is 4.50. The van der Waals surface area contributed by atoms with Gasteiger partial charge in [0.05, 0.1) is 19.5 Å². The molecule has 0 saturated carbocycles. The Morgan fingerprint density at radius 1 is 1.05 bits per heavy atom. The number of anilines is 1. The lowest BCUT2D eigenvalue weighted by Crippen LogP contribution is -2.70. The van der Waals surface area contributed by atoms with Crippen LogP contribution in [-0.2, 0) is 20.8 Å². The van der Waals surface area contributed by atoms with Crippen LogP contribution >= 0.6 is 11.8 Å². The summed E-state index contributed by atoms with van der Waals surface area (Å²) in [6.45, 7) is 7.86.